The van der Waals surface area contributed by atoms with Crippen molar-refractivity contribution in [1.29, 1.82) is 0 Å². The maximum Gasteiger partial charge on any atom is 0.231 e. The van der Waals surface area contributed by atoms with Crippen molar-refractivity contribution in [2.45, 2.75) is 32.8 Å². The van der Waals surface area contributed by atoms with Crippen LogP contribution in [0.25, 0.3) is 0 Å². The Morgan fingerprint density at radius 2 is 2.00 bits per heavy atom. The van der Waals surface area contributed by atoms with Crippen LogP contribution in [0.5, 0.6) is 11.5 Å². The Kier molecular flexibility index (Phi) is 8.61. The van der Waals surface area contributed by atoms with Gasteiger partial charge in [0, 0.05) is 20.2 Å². The van der Waals surface area contributed by atoms with Crippen molar-refractivity contribution in [2.24, 2.45) is 4.99 Å². The minimum atomic E-state index is -0.264. The minimum Gasteiger partial charge on any atom is -0.454 e. The van der Waals surface area contributed by atoms with Gasteiger partial charge >= 0.3 is 0 Å². The summed E-state index contributed by atoms with van der Waals surface area (Å²) in [7, 11) is 1.70. The average molecular weight is 449 g/mol. The van der Waals surface area contributed by atoms with Crippen molar-refractivity contribution in [3.8, 4) is 11.5 Å². The molecule has 2 N–H and O–H groups in total. The van der Waals surface area contributed by atoms with Crippen LogP contribution in [0.2, 0.25) is 0 Å². The van der Waals surface area contributed by atoms with Gasteiger partial charge < -0.3 is 24.8 Å². The number of rotatable bonds is 7. The van der Waals surface area contributed by atoms with Gasteiger partial charge in [-0.2, -0.15) is 0 Å². The van der Waals surface area contributed by atoms with Gasteiger partial charge in [-0.1, -0.05) is 6.07 Å². The molecular weight excluding hydrogens is 421 g/mol. The Bertz CT molecular complexity index is 550. The van der Waals surface area contributed by atoms with Gasteiger partial charge in [-0.3, -0.25) is 4.99 Å². The second-order valence-electron chi connectivity index (χ2n) is 6.02. The fourth-order valence-electron chi connectivity index (χ4n) is 2.10. The van der Waals surface area contributed by atoms with E-state index in [1.807, 2.05) is 26.0 Å². The molecule has 0 saturated carbocycles. The molecule has 0 aromatic heterocycles. The summed E-state index contributed by atoms with van der Waals surface area (Å²) < 4.78 is 16.1. The van der Waals surface area contributed by atoms with Crippen LogP contribution in [0.15, 0.2) is 23.2 Å². The van der Waals surface area contributed by atoms with Crippen molar-refractivity contribution in [2.75, 3.05) is 33.5 Å². The van der Waals surface area contributed by atoms with E-state index in [4.69, 9.17) is 14.2 Å². The minimum absolute atomic E-state index is 0. The van der Waals surface area contributed by atoms with E-state index < -0.39 is 0 Å². The zero-order chi connectivity index (χ0) is 16.7. The normalized spacial score (nSPS) is 13.4. The highest BCUT2D eigenvalue weighted by Gasteiger charge is 2.16. The van der Waals surface area contributed by atoms with Gasteiger partial charge in [0.25, 0.3) is 0 Å². The molecule has 1 aliphatic rings. The van der Waals surface area contributed by atoms with Gasteiger partial charge in [0.2, 0.25) is 6.79 Å². The molecule has 1 aliphatic heterocycles. The average Bonchev–Trinajstić information content (AvgIpc) is 3.00. The Balaban J connectivity index is 0.00000288. The molecule has 2 rings (SSSR count). The van der Waals surface area contributed by atoms with Crippen LogP contribution in [0.3, 0.4) is 0 Å². The first-order valence-corrected chi connectivity index (χ1v) is 8.00. The largest absolute Gasteiger partial charge is 0.454 e. The van der Waals surface area contributed by atoms with Crippen LogP contribution in [0.4, 0.5) is 0 Å². The number of hydrogen-bond acceptors (Lipinski definition) is 4. The van der Waals surface area contributed by atoms with Gasteiger partial charge in [-0.05, 0) is 44.9 Å². The highest BCUT2D eigenvalue weighted by Crippen LogP contribution is 2.32. The van der Waals surface area contributed by atoms with E-state index in [1.165, 1.54) is 5.56 Å². The lowest BCUT2D eigenvalue weighted by molar-refractivity contribution is 0.0310. The first-order chi connectivity index (χ1) is 11.0. The third-order valence-corrected chi connectivity index (χ3v) is 3.66. The number of halogens is 1. The zero-order valence-corrected chi connectivity index (χ0v) is 17.2. The first kappa shape index (κ1) is 20.8. The summed E-state index contributed by atoms with van der Waals surface area (Å²) in [5.41, 5.74) is 0.939. The second-order valence-corrected chi connectivity index (χ2v) is 6.02. The molecule has 0 amide bonds. The van der Waals surface area contributed by atoms with E-state index in [0.717, 1.165) is 37.0 Å². The Morgan fingerprint density at radius 1 is 1.25 bits per heavy atom. The second kappa shape index (κ2) is 9.93. The third-order valence-electron chi connectivity index (χ3n) is 3.66. The number of nitrogens with zero attached hydrogens (tertiary/aromatic N) is 1. The molecule has 1 aromatic carbocycles. The highest BCUT2D eigenvalue weighted by atomic mass is 127. The monoisotopic (exact) mass is 449 g/mol. The molecule has 0 radical (unpaired) electrons. The summed E-state index contributed by atoms with van der Waals surface area (Å²) >= 11 is 0. The number of fused-ring (bicyclic) bond motifs is 1. The van der Waals surface area contributed by atoms with Crippen LogP contribution in [0.1, 0.15) is 26.3 Å². The van der Waals surface area contributed by atoms with Gasteiger partial charge in [-0.15, -0.1) is 24.0 Å². The zero-order valence-electron chi connectivity index (χ0n) is 14.8. The summed E-state index contributed by atoms with van der Waals surface area (Å²) in [5, 5.41) is 6.59. The number of ether oxygens (including phenoxy) is 3. The number of nitrogens with one attached hydrogen (secondary N) is 2. The van der Waals surface area contributed by atoms with Gasteiger partial charge in [0.05, 0.1) is 12.1 Å². The van der Waals surface area contributed by atoms with Crippen LogP contribution >= 0.6 is 24.0 Å². The number of hydrogen-bond donors (Lipinski definition) is 2. The van der Waals surface area contributed by atoms with Gasteiger partial charge in [-0.25, -0.2) is 0 Å². The fourth-order valence-corrected chi connectivity index (χ4v) is 2.10. The molecule has 6 nitrogen and oxygen atoms in total. The molecule has 0 spiro atoms. The quantitative estimate of drug-likeness (QED) is 0.381. The first-order valence-electron chi connectivity index (χ1n) is 8.00. The number of methoxy groups -OCH3 is 1. The highest BCUT2D eigenvalue weighted by molar-refractivity contribution is 14.0. The van der Waals surface area contributed by atoms with Crippen molar-refractivity contribution < 1.29 is 14.2 Å². The summed E-state index contributed by atoms with van der Waals surface area (Å²) in [6.45, 7) is 8.62. The van der Waals surface area contributed by atoms with E-state index in [-0.39, 0.29) is 29.6 Å². The van der Waals surface area contributed by atoms with Crippen molar-refractivity contribution in [1.82, 2.24) is 10.6 Å². The van der Waals surface area contributed by atoms with Crippen molar-refractivity contribution in [3.05, 3.63) is 23.8 Å². The molecule has 24 heavy (non-hydrogen) atoms. The molecule has 0 fully saturated rings. The van der Waals surface area contributed by atoms with E-state index >= 15 is 0 Å². The Hall–Kier alpha value is -1.22. The lowest BCUT2D eigenvalue weighted by atomic mass is 10.1. The molecule has 0 saturated heterocycles. The molecule has 0 bridgehead atoms. The number of guanidine groups is 1. The molecular formula is C17H28IN3O3. The lowest BCUT2D eigenvalue weighted by Crippen LogP contribution is -2.40. The number of aliphatic imine (C=N–C) groups is 1. The number of benzene rings is 1. The molecule has 0 unspecified atom stereocenters. The predicted molar refractivity (Wildman–Crippen MR) is 107 cm³/mol. The fraction of sp³-hybridized carbons (Fsp3) is 0.588. The lowest BCUT2D eigenvalue weighted by Gasteiger charge is -2.21. The predicted octanol–water partition coefficient (Wildman–Crippen LogP) is 2.56. The summed E-state index contributed by atoms with van der Waals surface area (Å²) in [6, 6.07) is 6.05. The Labute approximate surface area is 161 Å². The summed E-state index contributed by atoms with van der Waals surface area (Å²) in [5.74, 6) is 2.45. The summed E-state index contributed by atoms with van der Waals surface area (Å²) in [4.78, 5) is 4.57. The van der Waals surface area contributed by atoms with Crippen molar-refractivity contribution >= 4 is 29.9 Å². The van der Waals surface area contributed by atoms with E-state index in [1.54, 1.807) is 7.11 Å². The smallest absolute Gasteiger partial charge is 0.231 e. The van der Waals surface area contributed by atoms with Crippen LogP contribution in [-0.2, 0) is 11.2 Å². The van der Waals surface area contributed by atoms with Crippen LogP contribution < -0.4 is 20.1 Å². The standard InChI is InChI=1S/C17H27N3O3.HI/c1-5-18-16(20-11-17(2,3)21-4)19-9-8-13-6-7-14-15(10-13)23-12-22-14;/h6-7,10H,5,8-9,11-12H2,1-4H3,(H2,18,19,20);1H. The molecule has 1 heterocycles. The van der Waals surface area contributed by atoms with E-state index in [9.17, 15) is 0 Å². The maximum atomic E-state index is 5.40. The van der Waals surface area contributed by atoms with Gasteiger partial charge in [0.15, 0.2) is 17.5 Å². The SMILES string of the molecule is CCNC(=NCC(C)(C)OC)NCCc1ccc2c(c1)OCO2.I. The van der Waals surface area contributed by atoms with Crippen LogP contribution in [-0.4, -0.2) is 45.1 Å². The van der Waals surface area contributed by atoms with E-state index in [0.29, 0.717) is 13.3 Å². The Morgan fingerprint density at radius 3 is 2.71 bits per heavy atom. The molecule has 136 valence electrons. The molecule has 7 heteroatoms. The third kappa shape index (κ3) is 6.35. The maximum absolute atomic E-state index is 5.40. The van der Waals surface area contributed by atoms with Gasteiger partial charge in [0.1, 0.15) is 0 Å². The van der Waals surface area contributed by atoms with Crippen LogP contribution in [0, 0.1) is 0 Å². The van der Waals surface area contributed by atoms with Crippen molar-refractivity contribution in [3.63, 3.8) is 0 Å². The summed E-state index contributed by atoms with van der Waals surface area (Å²) in [6.07, 6.45) is 0.884. The molecule has 0 atom stereocenters. The molecule has 1 aromatic rings. The molecule has 0 aliphatic carbocycles. The topological polar surface area (TPSA) is 64.1 Å². The van der Waals surface area contributed by atoms with E-state index in [2.05, 4.69) is 28.6 Å².